The second kappa shape index (κ2) is 5.85. The molecule has 1 saturated carbocycles. The Hall–Kier alpha value is -1.66. The molecule has 0 radical (unpaired) electrons. The predicted molar refractivity (Wildman–Crippen MR) is 88.6 cm³/mol. The highest BCUT2D eigenvalue weighted by Crippen LogP contribution is 2.32. The molecule has 2 aromatic rings. The molecule has 22 heavy (non-hydrogen) atoms. The van der Waals surface area contributed by atoms with Gasteiger partial charge in [-0.25, -0.2) is 4.98 Å². The highest BCUT2D eigenvalue weighted by Gasteiger charge is 2.25. The maximum Gasteiger partial charge on any atom is 0.227 e. The molecule has 2 fully saturated rings. The number of nitrogens with one attached hydrogen (secondary N) is 1. The summed E-state index contributed by atoms with van der Waals surface area (Å²) < 4.78 is 6.50. The normalized spacial score (nSPS) is 19.2. The summed E-state index contributed by atoms with van der Waals surface area (Å²) in [5, 5.41) is 4.07. The third-order valence-electron chi connectivity index (χ3n) is 4.40. The van der Waals surface area contributed by atoms with E-state index in [9.17, 15) is 4.79 Å². The van der Waals surface area contributed by atoms with Crippen molar-refractivity contribution in [1.29, 1.82) is 0 Å². The third-order valence-corrected chi connectivity index (χ3v) is 5.48. The molecule has 1 saturated heterocycles. The van der Waals surface area contributed by atoms with Crippen LogP contribution in [0.15, 0.2) is 18.2 Å². The number of carbonyl (C=O) groups excluding carboxylic acids is 1. The Kier molecular flexibility index (Phi) is 3.72. The molecular formula is C16H19N3O2S. The molecule has 0 spiro atoms. The van der Waals surface area contributed by atoms with Gasteiger partial charge >= 0.3 is 0 Å². The first-order valence-electron chi connectivity index (χ1n) is 7.84. The molecule has 0 unspecified atom stereocenters. The average molecular weight is 317 g/mol. The second-order valence-corrected chi connectivity index (χ2v) is 6.90. The van der Waals surface area contributed by atoms with Gasteiger partial charge in [0.1, 0.15) is 0 Å². The summed E-state index contributed by atoms with van der Waals surface area (Å²) in [6.07, 6.45) is 3.22. The number of hydrogen-bond donors (Lipinski definition) is 1. The third kappa shape index (κ3) is 2.68. The van der Waals surface area contributed by atoms with E-state index in [-0.39, 0.29) is 11.8 Å². The molecule has 2 aliphatic rings. The lowest BCUT2D eigenvalue weighted by Gasteiger charge is -2.25. The molecule has 4 rings (SSSR count). The SMILES string of the molecule is O=C(Nc1ccc2nc(N3CCOCC3)sc2c1)C1CCC1. The van der Waals surface area contributed by atoms with E-state index in [1.54, 1.807) is 11.3 Å². The number of amides is 1. The van der Waals surface area contributed by atoms with Crippen LogP contribution in [0.4, 0.5) is 10.8 Å². The van der Waals surface area contributed by atoms with E-state index in [1.807, 2.05) is 18.2 Å². The molecule has 1 aliphatic carbocycles. The van der Waals surface area contributed by atoms with Gasteiger partial charge in [0.05, 0.1) is 23.4 Å². The average Bonchev–Trinajstić information content (AvgIpc) is 2.89. The van der Waals surface area contributed by atoms with Crippen molar-refractivity contribution < 1.29 is 9.53 Å². The van der Waals surface area contributed by atoms with Gasteiger partial charge in [0.2, 0.25) is 5.91 Å². The predicted octanol–water partition coefficient (Wildman–Crippen LogP) is 2.87. The number of benzene rings is 1. The molecule has 0 atom stereocenters. The Labute approximate surface area is 133 Å². The Morgan fingerprint density at radius 1 is 1.32 bits per heavy atom. The van der Waals surface area contributed by atoms with Gasteiger partial charge in [0.25, 0.3) is 0 Å². The lowest BCUT2D eigenvalue weighted by molar-refractivity contribution is -0.122. The Bertz CT molecular complexity index is 690. The van der Waals surface area contributed by atoms with Crippen molar-refractivity contribution in [2.75, 3.05) is 36.5 Å². The van der Waals surface area contributed by atoms with Crippen LogP contribution in [0.1, 0.15) is 19.3 Å². The minimum Gasteiger partial charge on any atom is -0.378 e. The van der Waals surface area contributed by atoms with Crippen molar-refractivity contribution in [3.63, 3.8) is 0 Å². The topological polar surface area (TPSA) is 54.5 Å². The van der Waals surface area contributed by atoms with Crippen LogP contribution in [0.2, 0.25) is 0 Å². The fourth-order valence-corrected chi connectivity index (χ4v) is 3.85. The maximum atomic E-state index is 12.0. The monoisotopic (exact) mass is 317 g/mol. The summed E-state index contributed by atoms with van der Waals surface area (Å²) in [7, 11) is 0. The molecule has 6 heteroatoms. The van der Waals surface area contributed by atoms with Gasteiger partial charge in [-0.3, -0.25) is 4.79 Å². The lowest BCUT2D eigenvalue weighted by Crippen LogP contribution is -2.36. The number of fused-ring (bicyclic) bond motifs is 1. The molecule has 1 aromatic carbocycles. The van der Waals surface area contributed by atoms with Crippen LogP contribution in [-0.4, -0.2) is 37.2 Å². The zero-order valence-electron chi connectivity index (χ0n) is 12.4. The first-order valence-corrected chi connectivity index (χ1v) is 8.65. The number of carbonyl (C=O) groups is 1. The Morgan fingerprint density at radius 3 is 2.86 bits per heavy atom. The smallest absolute Gasteiger partial charge is 0.227 e. The highest BCUT2D eigenvalue weighted by molar-refractivity contribution is 7.22. The van der Waals surface area contributed by atoms with Crippen molar-refractivity contribution in [3.8, 4) is 0 Å². The number of hydrogen-bond acceptors (Lipinski definition) is 5. The Morgan fingerprint density at radius 2 is 2.14 bits per heavy atom. The van der Waals surface area contributed by atoms with Crippen molar-refractivity contribution in [3.05, 3.63) is 18.2 Å². The van der Waals surface area contributed by atoms with Crippen LogP contribution in [0.5, 0.6) is 0 Å². The summed E-state index contributed by atoms with van der Waals surface area (Å²) in [5.41, 5.74) is 1.87. The summed E-state index contributed by atoms with van der Waals surface area (Å²) >= 11 is 1.68. The van der Waals surface area contributed by atoms with E-state index in [0.29, 0.717) is 0 Å². The number of morpholine rings is 1. The molecular weight excluding hydrogens is 298 g/mol. The number of rotatable bonds is 3. The van der Waals surface area contributed by atoms with Gasteiger partial charge in [0, 0.05) is 24.7 Å². The number of ether oxygens (including phenoxy) is 1. The van der Waals surface area contributed by atoms with Crippen molar-refractivity contribution in [1.82, 2.24) is 4.98 Å². The van der Waals surface area contributed by atoms with Gasteiger partial charge in [-0.1, -0.05) is 17.8 Å². The van der Waals surface area contributed by atoms with Crippen LogP contribution in [0.3, 0.4) is 0 Å². The molecule has 1 N–H and O–H groups in total. The summed E-state index contributed by atoms with van der Waals surface area (Å²) in [6.45, 7) is 3.31. The second-order valence-electron chi connectivity index (χ2n) is 5.90. The van der Waals surface area contributed by atoms with Gasteiger partial charge in [-0.15, -0.1) is 0 Å². The van der Waals surface area contributed by atoms with Crippen LogP contribution < -0.4 is 10.2 Å². The molecule has 1 aromatic heterocycles. The zero-order valence-corrected chi connectivity index (χ0v) is 13.2. The number of thiazole rings is 1. The minimum atomic E-state index is 0.156. The van der Waals surface area contributed by atoms with Gasteiger partial charge in [0.15, 0.2) is 5.13 Å². The van der Waals surface area contributed by atoms with E-state index in [1.165, 1.54) is 6.42 Å². The van der Waals surface area contributed by atoms with Gasteiger partial charge in [-0.05, 0) is 31.0 Å². The molecule has 116 valence electrons. The fourth-order valence-electron chi connectivity index (χ4n) is 2.79. The standard InChI is InChI=1S/C16H19N3O2S/c20-15(11-2-1-3-11)17-12-4-5-13-14(10-12)22-16(18-13)19-6-8-21-9-7-19/h4-5,10-11H,1-3,6-9H2,(H,17,20). The van der Waals surface area contributed by atoms with E-state index < -0.39 is 0 Å². The molecule has 0 bridgehead atoms. The van der Waals surface area contributed by atoms with Crippen LogP contribution in [-0.2, 0) is 9.53 Å². The largest absolute Gasteiger partial charge is 0.378 e. The maximum absolute atomic E-state index is 12.0. The lowest BCUT2D eigenvalue weighted by atomic mass is 9.85. The summed E-state index contributed by atoms with van der Waals surface area (Å²) in [4.78, 5) is 19.0. The van der Waals surface area contributed by atoms with Crippen LogP contribution in [0, 0.1) is 5.92 Å². The van der Waals surface area contributed by atoms with Crippen LogP contribution >= 0.6 is 11.3 Å². The van der Waals surface area contributed by atoms with E-state index >= 15 is 0 Å². The minimum absolute atomic E-state index is 0.156. The highest BCUT2D eigenvalue weighted by atomic mass is 32.1. The summed E-state index contributed by atoms with van der Waals surface area (Å²) in [5.74, 6) is 0.365. The van der Waals surface area contributed by atoms with Gasteiger partial charge in [-0.2, -0.15) is 0 Å². The molecule has 1 amide bonds. The van der Waals surface area contributed by atoms with E-state index in [0.717, 1.165) is 60.2 Å². The zero-order chi connectivity index (χ0) is 14.9. The Balaban J connectivity index is 1.53. The number of nitrogens with zero attached hydrogens (tertiary/aromatic N) is 2. The van der Waals surface area contributed by atoms with E-state index in [4.69, 9.17) is 9.72 Å². The van der Waals surface area contributed by atoms with Gasteiger partial charge < -0.3 is 15.0 Å². The molecule has 1 aliphatic heterocycles. The first kappa shape index (κ1) is 14.0. The fraction of sp³-hybridized carbons (Fsp3) is 0.500. The molecule has 2 heterocycles. The van der Waals surface area contributed by atoms with E-state index in [2.05, 4.69) is 10.2 Å². The van der Waals surface area contributed by atoms with Crippen LogP contribution in [0.25, 0.3) is 10.2 Å². The quantitative estimate of drug-likeness (QED) is 0.946. The first-order chi connectivity index (χ1) is 10.8. The van der Waals surface area contributed by atoms with Crippen molar-refractivity contribution >= 4 is 38.3 Å². The summed E-state index contributed by atoms with van der Waals surface area (Å²) in [6, 6.07) is 5.97. The molecule has 5 nitrogen and oxygen atoms in total. The van der Waals surface area contributed by atoms with Crippen molar-refractivity contribution in [2.24, 2.45) is 5.92 Å². The van der Waals surface area contributed by atoms with Crippen molar-refractivity contribution in [2.45, 2.75) is 19.3 Å². The number of aromatic nitrogens is 1. The number of anilines is 2.